The summed E-state index contributed by atoms with van der Waals surface area (Å²) in [4.78, 5) is 14.0. The lowest BCUT2D eigenvalue weighted by molar-refractivity contribution is -0.123. The average Bonchev–Trinajstić information content (AvgIpc) is 2.47. The summed E-state index contributed by atoms with van der Waals surface area (Å²) in [5.74, 6) is -0.0203. The van der Waals surface area contributed by atoms with E-state index in [4.69, 9.17) is 15.2 Å². The van der Waals surface area contributed by atoms with E-state index < -0.39 is 0 Å². The van der Waals surface area contributed by atoms with Gasteiger partial charge in [0.25, 0.3) is 5.91 Å². The van der Waals surface area contributed by atoms with E-state index in [1.165, 1.54) is 0 Å². The second kappa shape index (κ2) is 7.26. The molecule has 0 spiro atoms. The number of hydrogen-bond acceptors (Lipinski definition) is 4. The molecule has 0 radical (unpaired) electrons. The number of fused-ring (bicyclic) bond motifs is 1. The summed E-state index contributed by atoms with van der Waals surface area (Å²) in [5.41, 5.74) is 8.73. The minimum Gasteiger partial charge on any atom is -0.398 e. The topological polar surface area (TPSA) is 64.8 Å². The van der Waals surface area contributed by atoms with Gasteiger partial charge in [0.15, 0.2) is 0 Å². The van der Waals surface area contributed by atoms with E-state index >= 15 is 0 Å². The minimum absolute atomic E-state index is 0.0203. The zero-order valence-corrected chi connectivity index (χ0v) is 11.9. The third kappa shape index (κ3) is 3.49. The SMILES string of the molecule is CCOCCOCC(=O)N1CCCc2c(N)cccc21. The first kappa shape index (κ1) is 14.8. The van der Waals surface area contributed by atoms with Gasteiger partial charge in [-0.3, -0.25) is 4.79 Å². The van der Waals surface area contributed by atoms with E-state index in [1.807, 2.05) is 25.1 Å². The first-order chi connectivity index (χ1) is 9.74. The van der Waals surface area contributed by atoms with Crippen LogP contribution in [0.5, 0.6) is 0 Å². The summed E-state index contributed by atoms with van der Waals surface area (Å²) in [5, 5.41) is 0. The van der Waals surface area contributed by atoms with Gasteiger partial charge in [-0.15, -0.1) is 0 Å². The van der Waals surface area contributed by atoms with Crippen molar-refractivity contribution in [3.63, 3.8) is 0 Å². The summed E-state index contributed by atoms with van der Waals surface area (Å²) in [6.07, 6.45) is 1.86. The van der Waals surface area contributed by atoms with Crippen molar-refractivity contribution < 1.29 is 14.3 Å². The van der Waals surface area contributed by atoms with E-state index in [0.29, 0.717) is 19.8 Å². The Kier molecular flexibility index (Phi) is 5.38. The maximum atomic E-state index is 12.2. The molecule has 1 aliphatic rings. The predicted octanol–water partition coefficient (Wildman–Crippen LogP) is 1.60. The van der Waals surface area contributed by atoms with Gasteiger partial charge >= 0.3 is 0 Å². The lowest BCUT2D eigenvalue weighted by Crippen LogP contribution is -2.38. The zero-order chi connectivity index (χ0) is 14.4. The second-order valence-corrected chi connectivity index (χ2v) is 4.74. The quantitative estimate of drug-likeness (QED) is 0.634. The van der Waals surface area contributed by atoms with Crippen molar-refractivity contribution in [3.05, 3.63) is 23.8 Å². The molecule has 0 bridgehead atoms. The normalized spacial score (nSPS) is 14.2. The lowest BCUT2D eigenvalue weighted by atomic mass is 10.00. The van der Waals surface area contributed by atoms with Gasteiger partial charge in [0, 0.05) is 24.5 Å². The van der Waals surface area contributed by atoms with Crippen molar-refractivity contribution in [2.45, 2.75) is 19.8 Å². The Morgan fingerprint density at radius 1 is 1.35 bits per heavy atom. The van der Waals surface area contributed by atoms with E-state index in [9.17, 15) is 4.79 Å². The molecule has 110 valence electrons. The van der Waals surface area contributed by atoms with Gasteiger partial charge in [-0.2, -0.15) is 0 Å². The molecule has 2 N–H and O–H groups in total. The van der Waals surface area contributed by atoms with Crippen LogP contribution < -0.4 is 10.6 Å². The Morgan fingerprint density at radius 3 is 2.95 bits per heavy atom. The van der Waals surface area contributed by atoms with Crippen molar-refractivity contribution in [2.24, 2.45) is 0 Å². The van der Waals surface area contributed by atoms with Gasteiger partial charge in [0.05, 0.1) is 13.2 Å². The fraction of sp³-hybridized carbons (Fsp3) is 0.533. The van der Waals surface area contributed by atoms with Crippen molar-refractivity contribution in [2.75, 3.05) is 43.6 Å². The maximum absolute atomic E-state index is 12.2. The van der Waals surface area contributed by atoms with Crippen molar-refractivity contribution >= 4 is 17.3 Å². The fourth-order valence-electron chi connectivity index (χ4n) is 2.41. The molecule has 0 fully saturated rings. The lowest BCUT2D eigenvalue weighted by Gasteiger charge is -2.30. The number of ether oxygens (including phenoxy) is 2. The highest BCUT2D eigenvalue weighted by atomic mass is 16.5. The van der Waals surface area contributed by atoms with Crippen LogP contribution in [0, 0.1) is 0 Å². The Hall–Kier alpha value is -1.59. The number of nitrogen functional groups attached to an aromatic ring is 1. The van der Waals surface area contributed by atoms with Crippen molar-refractivity contribution in [3.8, 4) is 0 Å². The molecular formula is C15H22N2O3. The number of hydrogen-bond donors (Lipinski definition) is 1. The summed E-state index contributed by atoms with van der Waals surface area (Å²) in [6, 6.07) is 5.71. The molecule has 5 heteroatoms. The van der Waals surface area contributed by atoms with E-state index in [-0.39, 0.29) is 12.5 Å². The van der Waals surface area contributed by atoms with Crippen LogP contribution in [0.3, 0.4) is 0 Å². The van der Waals surface area contributed by atoms with Crippen LogP contribution in [0.4, 0.5) is 11.4 Å². The third-order valence-electron chi connectivity index (χ3n) is 3.39. The molecule has 1 aromatic rings. The van der Waals surface area contributed by atoms with Crippen LogP contribution in [-0.2, 0) is 20.7 Å². The molecule has 0 saturated heterocycles. The largest absolute Gasteiger partial charge is 0.398 e. The average molecular weight is 278 g/mol. The van der Waals surface area contributed by atoms with Gasteiger partial charge < -0.3 is 20.1 Å². The summed E-state index contributed by atoms with van der Waals surface area (Å²) in [7, 11) is 0. The molecule has 0 saturated carbocycles. The molecule has 1 aliphatic heterocycles. The number of benzene rings is 1. The minimum atomic E-state index is -0.0203. The Bertz CT molecular complexity index is 462. The van der Waals surface area contributed by atoms with E-state index in [1.54, 1.807) is 4.90 Å². The van der Waals surface area contributed by atoms with Gasteiger partial charge in [-0.05, 0) is 37.5 Å². The van der Waals surface area contributed by atoms with Crippen molar-refractivity contribution in [1.29, 1.82) is 0 Å². The summed E-state index contributed by atoms with van der Waals surface area (Å²) < 4.78 is 10.5. The second-order valence-electron chi connectivity index (χ2n) is 4.74. The molecule has 0 unspecified atom stereocenters. The molecule has 0 aromatic heterocycles. The van der Waals surface area contributed by atoms with Crippen LogP contribution in [0.2, 0.25) is 0 Å². The van der Waals surface area contributed by atoms with E-state index in [2.05, 4.69) is 0 Å². The van der Waals surface area contributed by atoms with Gasteiger partial charge in [-0.25, -0.2) is 0 Å². The molecule has 1 amide bonds. The smallest absolute Gasteiger partial charge is 0.252 e. The standard InChI is InChI=1S/C15H22N2O3/c1-2-19-9-10-20-11-15(18)17-8-4-5-12-13(16)6-3-7-14(12)17/h3,6-7H,2,4-5,8-11,16H2,1H3. The van der Waals surface area contributed by atoms with E-state index in [0.717, 1.165) is 36.3 Å². The number of nitrogens with zero attached hydrogens (tertiary/aromatic N) is 1. The van der Waals surface area contributed by atoms with Crippen LogP contribution in [0.15, 0.2) is 18.2 Å². The maximum Gasteiger partial charge on any atom is 0.252 e. The molecule has 5 nitrogen and oxygen atoms in total. The number of rotatable bonds is 6. The molecule has 2 rings (SSSR count). The Balaban J connectivity index is 1.93. The molecule has 20 heavy (non-hydrogen) atoms. The first-order valence-electron chi connectivity index (χ1n) is 7.07. The van der Waals surface area contributed by atoms with Crippen LogP contribution in [0.25, 0.3) is 0 Å². The molecule has 0 atom stereocenters. The first-order valence-corrected chi connectivity index (χ1v) is 7.07. The molecular weight excluding hydrogens is 256 g/mol. The molecule has 1 heterocycles. The van der Waals surface area contributed by atoms with Gasteiger partial charge in [0.2, 0.25) is 0 Å². The van der Waals surface area contributed by atoms with Crippen LogP contribution in [0.1, 0.15) is 18.9 Å². The number of carbonyl (C=O) groups is 1. The van der Waals surface area contributed by atoms with Gasteiger partial charge in [0.1, 0.15) is 6.61 Å². The Morgan fingerprint density at radius 2 is 2.15 bits per heavy atom. The third-order valence-corrected chi connectivity index (χ3v) is 3.39. The number of nitrogens with two attached hydrogens (primary N) is 1. The molecule has 1 aromatic carbocycles. The number of amides is 1. The molecule has 0 aliphatic carbocycles. The van der Waals surface area contributed by atoms with Gasteiger partial charge in [-0.1, -0.05) is 6.07 Å². The zero-order valence-electron chi connectivity index (χ0n) is 11.9. The number of anilines is 2. The predicted molar refractivity (Wildman–Crippen MR) is 78.8 cm³/mol. The Labute approximate surface area is 119 Å². The van der Waals surface area contributed by atoms with Crippen LogP contribution >= 0.6 is 0 Å². The monoisotopic (exact) mass is 278 g/mol. The van der Waals surface area contributed by atoms with Crippen molar-refractivity contribution in [1.82, 2.24) is 0 Å². The summed E-state index contributed by atoms with van der Waals surface area (Å²) in [6.45, 7) is 4.37. The number of carbonyl (C=O) groups excluding carboxylic acids is 1. The fourth-order valence-corrected chi connectivity index (χ4v) is 2.41. The highest BCUT2D eigenvalue weighted by molar-refractivity contribution is 5.96. The summed E-state index contributed by atoms with van der Waals surface area (Å²) >= 11 is 0. The highest BCUT2D eigenvalue weighted by Gasteiger charge is 2.23. The van der Waals surface area contributed by atoms with Crippen LogP contribution in [-0.4, -0.2) is 38.9 Å². The highest BCUT2D eigenvalue weighted by Crippen LogP contribution is 2.31.